The highest BCUT2D eigenvalue weighted by Crippen LogP contribution is 2.12. The van der Waals surface area contributed by atoms with E-state index in [2.05, 4.69) is 6.92 Å². The lowest BCUT2D eigenvalue weighted by atomic mass is 10.1. The summed E-state index contributed by atoms with van der Waals surface area (Å²) in [5.41, 5.74) is 11.4. The first-order chi connectivity index (χ1) is 14.9. The highest BCUT2D eigenvalue weighted by atomic mass is 16.5. The molecule has 0 fully saturated rings. The van der Waals surface area contributed by atoms with Gasteiger partial charge in [-0.15, -0.1) is 0 Å². The van der Waals surface area contributed by atoms with Crippen molar-refractivity contribution in [2.24, 2.45) is 11.5 Å². The van der Waals surface area contributed by atoms with E-state index in [0.717, 1.165) is 37.0 Å². The molecule has 7 heteroatoms. The third-order valence-corrected chi connectivity index (χ3v) is 4.56. The zero-order chi connectivity index (χ0) is 23.3. The van der Waals surface area contributed by atoms with Crippen LogP contribution in [-0.2, 0) is 14.3 Å². The molecule has 31 heavy (non-hydrogen) atoms. The first-order valence-corrected chi connectivity index (χ1v) is 11.1. The molecule has 0 radical (unpaired) electrons. The summed E-state index contributed by atoms with van der Waals surface area (Å²) < 4.78 is 10.2. The van der Waals surface area contributed by atoms with Crippen molar-refractivity contribution in [2.45, 2.75) is 70.8 Å². The van der Waals surface area contributed by atoms with Gasteiger partial charge in [0.15, 0.2) is 0 Å². The molecule has 5 N–H and O–H groups in total. The Morgan fingerprint density at radius 3 is 2.26 bits per heavy atom. The summed E-state index contributed by atoms with van der Waals surface area (Å²) in [5, 5.41) is 8.33. The smallest absolute Gasteiger partial charge is 0.330 e. The van der Waals surface area contributed by atoms with Crippen LogP contribution in [0.15, 0.2) is 30.3 Å². The second-order valence-electron chi connectivity index (χ2n) is 7.27. The van der Waals surface area contributed by atoms with Gasteiger partial charge >= 0.3 is 11.9 Å². The molecule has 1 unspecified atom stereocenters. The van der Waals surface area contributed by atoms with Crippen molar-refractivity contribution in [3.8, 4) is 5.75 Å². The number of rotatable bonds is 15. The van der Waals surface area contributed by atoms with Gasteiger partial charge in [-0.25, -0.2) is 4.79 Å². The lowest BCUT2D eigenvalue weighted by molar-refractivity contribution is -0.139. The lowest BCUT2D eigenvalue weighted by Crippen LogP contribution is -2.29. The number of carbonyl (C=O) groups excluding carboxylic acids is 1. The highest BCUT2D eigenvalue weighted by Gasteiger charge is 2.09. The molecule has 0 aliphatic heterocycles. The first kappa shape index (κ1) is 28.6. The van der Waals surface area contributed by atoms with E-state index in [9.17, 15) is 9.59 Å². The van der Waals surface area contributed by atoms with Crippen LogP contribution in [0.2, 0.25) is 0 Å². The maximum Gasteiger partial charge on any atom is 0.330 e. The maximum absolute atomic E-state index is 11.5. The zero-order valence-corrected chi connectivity index (χ0v) is 19.1. The van der Waals surface area contributed by atoms with Gasteiger partial charge in [-0.1, -0.05) is 57.6 Å². The van der Waals surface area contributed by atoms with Gasteiger partial charge in [0.25, 0.3) is 0 Å². The Morgan fingerprint density at radius 2 is 1.68 bits per heavy atom. The van der Waals surface area contributed by atoms with E-state index in [4.69, 9.17) is 26.0 Å². The van der Waals surface area contributed by atoms with E-state index in [0.29, 0.717) is 19.6 Å². The van der Waals surface area contributed by atoms with E-state index < -0.39 is 12.0 Å². The van der Waals surface area contributed by atoms with Crippen LogP contribution < -0.4 is 16.2 Å². The number of esters is 1. The maximum atomic E-state index is 11.5. The third kappa shape index (κ3) is 17.0. The van der Waals surface area contributed by atoms with E-state index >= 15 is 0 Å². The van der Waals surface area contributed by atoms with Crippen molar-refractivity contribution in [2.75, 3.05) is 20.3 Å². The van der Waals surface area contributed by atoms with Crippen molar-refractivity contribution in [1.82, 2.24) is 0 Å². The molecule has 0 saturated heterocycles. The van der Waals surface area contributed by atoms with E-state index in [-0.39, 0.29) is 5.97 Å². The lowest BCUT2D eigenvalue weighted by Gasteiger charge is -2.03. The number of aliphatic carboxylic acids is 1. The molecule has 0 bridgehead atoms. The first-order valence-electron chi connectivity index (χ1n) is 11.1. The fourth-order valence-corrected chi connectivity index (χ4v) is 2.61. The number of carboxylic acid groups (broad SMARTS) is 1. The Balaban J connectivity index is 0.000000759. The fraction of sp³-hybridized carbons (Fsp3) is 0.583. The van der Waals surface area contributed by atoms with Crippen LogP contribution in [-0.4, -0.2) is 43.3 Å². The molecule has 0 heterocycles. The largest absolute Gasteiger partial charge is 0.497 e. The van der Waals surface area contributed by atoms with Crippen molar-refractivity contribution in [1.29, 1.82) is 0 Å². The minimum Gasteiger partial charge on any atom is -0.497 e. The summed E-state index contributed by atoms with van der Waals surface area (Å²) in [5.74, 6) is -0.408. The summed E-state index contributed by atoms with van der Waals surface area (Å²) in [6.07, 6.45) is 12.5. The van der Waals surface area contributed by atoms with Gasteiger partial charge < -0.3 is 26.0 Å². The predicted octanol–water partition coefficient (Wildman–Crippen LogP) is 4.14. The second-order valence-corrected chi connectivity index (χ2v) is 7.27. The molecule has 0 aromatic heterocycles. The molecule has 0 aliphatic rings. The molecular weight excluding hydrogens is 396 g/mol. The quantitative estimate of drug-likeness (QED) is 0.214. The molecule has 0 spiro atoms. The Morgan fingerprint density at radius 1 is 1.03 bits per heavy atom. The van der Waals surface area contributed by atoms with Gasteiger partial charge in [-0.2, -0.15) is 0 Å². The normalized spacial score (nSPS) is 11.5. The number of benzene rings is 1. The number of nitrogens with two attached hydrogens (primary N) is 2. The standard InChI is InChI=1S/C18H26O3.C6H14N2O2/c1-3-4-5-6-7-8-15-21-18(19)14-11-16-9-12-17(20-2)13-10-16;7-4-2-1-3-5(8)6(9)10/h9-14H,3-8,15H2,1-2H3;5H,1-4,7-8H2,(H,9,10). The number of hydrogen-bond donors (Lipinski definition) is 3. The predicted molar refractivity (Wildman–Crippen MR) is 125 cm³/mol. The molecule has 0 aliphatic carbocycles. The van der Waals surface area contributed by atoms with Gasteiger partial charge in [-0.05, 0) is 49.6 Å². The van der Waals surface area contributed by atoms with Crippen molar-refractivity contribution in [3.63, 3.8) is 0 Å². The molecule has 0 saturated carbocycles. The van der Waals surface area contributed by atoms with Crippen LogP contribution in [0.5, 0.6) is 5.75 Å². The summed E-state index contributed by atoms with van der Waals surface area (Å²) in [6, 6.07) is 6.81. The summed E-state index contributed by atoms with van der Waals surface area (Å²) in [6.45, 7) is 3.32. The minimum absolute atomic E-state index is 0.278. The average Bonchev–Trinajstić information content (AvgIpc) is 2.78. The fourth-order valence-electron chi connectivity index (χ4n) is 2.61. The van der Waals surface area contributed by atoms with Gasteiger partial charge in [-0.3, -0.25) is 4.79 Å². The molecule has 176 valence electrons. The highest BCUT2D eigenvalue weighted by molar-refractivity contribution is 5.87. The average molecular weight is 437 g/mol. The SMILES string of the molecule is CCCCCCCCOC(=O)C=Cc1ccc(OC)cc1.NCCCCC(N)C(=O)O. The van der Waals surface area contributed by atoms with E-state index in [1.54, 1.807) is 13.2 Å². The molecule has 1 atom stereocenters. The van der Waals surface area contributed by atoms with Gasteiger partial charge in [0.1, 0.15) is 11.8 Å². The number of hydrogen-bond acceptors (Lipinski definition) is 6. The Labute approximate surface area is 186 Å². The van der Waals surface area contributed by atoms with E-state index in [1.165, 1.54) is 31.8 Å². The Bertz CT molecular complexity index is 617. The third-order valence-electron chi connectivity index (χ3n) is 4.56. The van der Waals surface area contributed by atoms with Crippen molar-refractivity contribution in [3.05, 3.63) is 35.9 Å². The molecular formula is C24H40N2O5. The van der Waals surface area contributed by atoms with Gasteiger partial charge in [0, 0.05) is 6.08 Å². The number of unbranched alkanes of at least 4 members (excludes halogenated alkanes) is 6. The Hall–Kier alpha value is -2.38. The summed E-state index contributed by atoms with van der Waals surface area (Å²) in [7, 11) is 1.63. The van der Waals surface area contributed by atoms with Crippen molar-refractivity contribution >= 4 is 18.0 Å². The van der Waals surface area contributed by atoms with Crippen LogP contribution in [0, 0.1) is 0 Å². The van der Waals surface area contributed by atoms with Crippen LogP contribution in [0.4, 0.5) is 0 Å². The molecule has 7 nitrogen and oxygen atoms in total. The van der Waals surface area contributed by atoms with Crippen LogP contribution in [0.25, 0.3) is 6.08 Å². The summed E-state index contributed by atoms with van der Waals surface area (Å²) in [4.78, 5) is 21.7. The van der Waals surface area contributed by atoms with Crippen LogP contribution >= 0.6 is 0 Å². The topological polar surface area (TPSA) is 125 Å². The number of methoxy groups -OCH3 is 1. The van der Waals surface area contributed by atoms with Gasteiger partial charge in [0.2, 0.25) is 0 Å². The molecule has 1 aromatic rings. The van der Waals surface area contributed by atoms with Gasteiger partial charge in [0.05, 0.1) is 13.7 Å². The monoisotopic (exact) mass is 436 g/mol. The zero-order valence-electron chi connectivity index (χ0n) is 19.1. The molecule has 1 rings (SSSR count). The number of carbonyl (C=O) groups is 2. The molecule has 1 aromatic carbocycles. The number of carboxylic acids is 1. The number of ether oxygens (including phenoxy) is 2. The minimum atomic E-state index is -0.933. The van der Waals surface area contributed by atoms with Crippen LogP contribution in [0.1, 0.15) is 70.3 Å². The Kier molecular flexibility index (Phi) is 18.1. The second kappa shape index (κ2) is 19.6. The van der Waals surface area contributed by atoms with E-state index in [1.807, 2.05) is 24.3 Å². The summed E-state index contributed by atoms with van der Waals surface area (Å²) >= 11 is 0. The molecule has 0 amide bonds. The van der Waals surface area contributed by atoms with Crippen LogP contribution in [0.3, 0.4) is 0 Å². The van der Waals surface area contributed by atoms with Crippen molar-refractivity contribution < 1.29 is 24.2 Å².